The summed E-state index contributed by atoms with van der Waals surface area (Å²) in [5, 5.41) is 0. The van der Waals surface area contributed by atoms with Gasteiger partial charge in [-0.15, -0.1) is 0 Å². The molecule has 0 unspecified atom stereocenters. The predicted octanol–water partition coefficient (Wildman–Crippen LogP) is 7.81. The Labute approximate surface area is 176 Å². The molecule has 0 aliphatic rings. The third-order valence-corrected chi connectivity index (χ3v) is 5.74. The highest BCUT2D eigenvalue weighted by molar-refractivity contribution is 5.67. The highest BCUT2D eigenvalue weighted by atomic mass is 19.1. The zero-order valence-electron chi connectivity index (χ0n) is 17.5. The molecule has 0 aliphatic carbocycles. The van der Waals surface area contributed by atoms with E-state index in [1.165, 1.54) is 28.3 Å². The number of aryl methyl sites for hydroxylation is 3. The Morgan fingerprint density at radius 3 is 1.57 bits per heavy atom. The van der Waals surface area contributed by atoms with Crippen LogP contribution in [0, 0.1) is 32.4 Å². The molecule has 0 spiro atoms. The fourth-order valence-electron chi connectivity index (χ4n) is 3.73. The second kappa shape index (κ2) is 8.23. The summed E-state index contributed by atoms with van der Waals surface area (Å²) in [7, 11) is 0. The Morgan fingerprint density at radius 2 is 1.03 bits per heavy atom. The molecule has 0 aromatic heterocycles. The third-order valence-electron chi connectivity index (χ3n) is 5.74. The van der Waals surface area contributed by atoms with Crippen molar-refractivity contribution in [1.82, 2.24) is 0 Å². The first-order valence-electron chi connectivity index (χ1n) is 10.1. The summed E-state index contributed by atoms with van der Waals surface area (Å²) in [5.74, 6) is -0.420. The van der Waals surface area contributed by atoms with E-state index in [1.807, 2.05) is 30.3 Å². The molecule has 0 bridgehead atoms. The lowest BCUT2D eigenvalue weighted by Crippen LogP contribution is -1.96. The topological polar surface area (TPSA) is 0 Å². The van der Waals surface area contributed by atoms with Gasteiger partial charge in [-0.3, -0.25) is 0 Å². The summed E-state index contributed by atoms with van der Waals surface area (Å²) in [6.07, 6.45) is 0.767. The molecule has 0 saturated carbocycles. The second-order valence-electron chi connectivity index (χ2n) is 7.93. The lowest BCUT2D eigenvalue weighted by Gasteiger charge is -2.13. The van der Waals surface area contributed by atoms with Gasteiger partial charge in [0.2, 0.25) is 0 Å². The zero-order chi connectivity index (χ0) is 21.3. The van der Waals surface area contributed by atoms with E-state index < -0.39 is 0 Å². The molecule has 0 nitrogen and oxygen atoms in total. The fourth-order valence-corrected chi connectivity index (χ4v) is 3.73. The number of rotatable bonds is 4. The van der Waals surface area contributed by atoms with Crippen molar-refractivity contribution in [3.63, 3.8) is 0 Å². The molecule has 0 aliphatic heterocycles. The average molecular weight is 398 g/mol. The average Bonchev–Trinajstić information content (AvgIpc) is 2.73. The second-order valence-corrected chi connectivity index (χ2v) is 7.93. The van der Waals surface area contributed by atoms with E-state index in [1.54, 1.807) is 25.1 Å². The molecule has 4 aromatic carbocycles. The lowest BCUT2D eigenvalue weighted by molar-refractivity contribution is 0.619. The van der Waals surface area contributed by atoms with Crippen molar-refractivity contribution in [2.24, 2.45) is 0 Å². The van der Waals surface area contributed by atoms with Crippen LogP contribution in [-0.4, -0.2) is 0 Å². The maximum atomic E-state index is 14.1. The molecule has 30 heavy (non-hydrogen) atoms. The standard InChI is InChI=1S/C28H24F2/c1-18-7-10-22(21-5-4-6-27(29)16-21)13-25(18)15-26-14-23(11-8-19(26)2)24-12-9-20(3)28(30)17-24/h4-14,16-17H,15H2,1-3H3. The summed E-state index contributed by atoms with van der Waals surface area (Å²) in [5.41, 5.74) is 9.21. The smallest absolute Gasteiger partial charge is 0.126 e. The van der Waals surface area contributed by atoms with Crippen molar-refractivity contribution in [1.29, 1.82) is 0 Å². The van der Waals surface area contributed by atoms with Gasteiger partial charge in [0.05, 0.1) is 0 Å². The predicted molar refractivity (Wildman–Crippen MR) is 121 cm³/mol. The maximum Gasteiger partial charge on any atom is 0.126 e. The monoisotopic (exact) mass is 398 g/mol. The molecule has 0 fully saturated rings. The van der Waals surface area contributed by atoms with E-state index in [-0.39, 0.29) is 11.6 Å². The molecule has 4 aromatic rings. The summed E-state index contributed by atoms with van der Waals surface area (Å²) in [6.45, 7) is 5.97. The molecular weight excluding hydrogens is 374 g/mol. The Bertz CT molecular complexity index is 1220. The van der Waals surface area contributed by atoms with Crippen molar-refractivity contribution in [3.05, 3.63) is 118 Å². The van der Waals surface area contributed by atoms with Crippen molar-refractivity contribution >= 4 is 0 Å². The van der Waals surface area contributed by atoms with Crippen molar-refractivity contribution in [2.75, 3.05) is 0 Å². The van der Waals surface area contributed by atoms with Gasteiger partial charge in [0.25, 0.3) is 0 Å². The van der Waals surface area contributed by atoms with Crippen LogP contribution < -0.4 is 0 Å². The Balaban J connectivity index is 1.70. The minimum absolute atomic E-state index is 0.187. The van der Waals surface area contributed by atoms with Gasteiger partial charge in [-0.1, -0.05) is 60.7 Å². The van der Waals surface area contributed by atoms with Gasteiger partial charge in [-0.2, -0.15) is 0 Å². The first-order chi connectivity index (χ1) is 14.4. The third kappa shape index (κ3) is 4.18. The van der Waals surface area contributed by atoms with Gasteiger partial charge in [-0.25, -0.2) is 8.78 Å². The van der Waals surface area contributed by atoms with Crippen LogP contribution in [0.15, 0.2) is 78.9 Å². The molecule has 4 rings (SSSR count). The largest absolute Gasteiger partial charge is 0.207 e. The Kier molecular flexibility index (Phi) is 5.50. The van der Waals surface area contributed by atoms with E-state index >= 15 is 0 Å². The summed E-state index contributed by atoms with van der Waals surface area (Å²) in [6, 6.07) is 24.6. The quantitative estimate of drug-likeness (QED) is 0.329. The van der Waals surface area contributed by atoms with Gasteiger partial charge >= 0.3 is 0 Å². The van der Waals surface area contributed by atoms with E-state index in [0.29, 0.717) is 5.56 Å². The first kappa shape index (κ1) is 20.0. The van der Waals surface area contributed by atoms with Gasteiger partial charge < -0.3 is 0 Å². The van der Waals surface area contributed by atoms with Crippen LogP contribution in [-0.2, 0) is 6.42 Å². The molecule has 150 valence electrons. The summed E-state index contributed by atoms with van der Waals surface area (Å²) >= 11 is 0. The van der Waals surface area contributed by atoms with E-state index in [9.17, 15) is 8.78 Å². The van der Waals surface area contributed by atoms with Gasteiger partial charge in [0.1, 0.15) is 11.6 Å². The minimum atomic E-state index is -0.233. The van der Waals surface area contributed by atoms with Gasteiger partial charge in [0, 0.05) is 0 Å². The SMILES string of the molecule is Cc1ccc(-c2ccc(C)c(Cc3cc(-c4cccc(F)c4)ccc3C)c2)cc1F. The molecule has 0 amide bonds. The Hall–Kier alpha value is -3.26. The summed E-state index contributed by atoms with van der Waals surface area (Å²) in [4.78, 5) is 0. The molecule has 2 heteroatoms. The van der Waals surface area contributed by atoms with Crippen LogP contribution in [0.25, 0.3) is 22.3 Å². The van der Waals surface area contributed by atoms with Crippen LogP contribution >= 0.6 is 0 Å². The highest BCUT2D eigenvalue weighted by Gasteiger charge is 2.09. The van der Waals surface area contributed by atoms with Crippen molar-refractivity contribution in [2.45, 2.75) is 27.2 Å². The normalized spacial score (nSPS) is 11.0. The molecule has 0 atom stereocenters. The van der Waals surface area contributed by atoms with Crippen LogP contribution in [0.1, 0.15) is 27.8 Å². The van der Waals surface area contributed by atoms with E-state index in [2.05, 4.69) is 38.1 Å². The zero-order valence-corrected chi connectivity index (χ0v) is 17.5. The molecule has 0 radical (unpaired) electrons. The van der Waals surface area contributed by atoms with Gasteiger partial charge in [0.15, 0.2) is 0 Å². The fraction of sp³-hybridized carbons (Fsp3) is 0.143. The number of benzene rings is 4. The molecular formula is C28H24F2. The highest BCUT2D eigenvalue weighted by Crippen LogP contribution is 2.28. The van der Waals surface area contributed by atoms with Crippen LogP contribution in [0.4, 0.5) is 8.78 Å². The molecule has 0 saturated heterocycles. The van der Waals surface area contributed by atoms with Crippen LogP contribution in [0.5, 0.6) is 0 Å². The molecule has 0 heterocycles. The summed E-state index contributed by atoms with van der Waals surface area (Å²) < 4.78 is 27.7. The first-order valence-corrected chi connectivity index (χ1v) is 10.1. The molecule has 0 N–H and O–H groups in total. The van der Waals surface area contributed by atoms with E-state index in [4.69, 9.17) is 0 Å². The number of hydrogen-bond acceptors (Lipinski definition) is 0. The van der Waals surface area contributed by atoms with Crippen LogP contribution in [0.2, 0.25) is 0 Å². The number of halogens is 2. The van der Waals surface area contributed by atoms with Gasteiger partial charge in [-0.05, 0) is 95.5 Å². The Morgan fingerprint density at radius 1 is 0.533 bits per heavy atom. The lowest BCUT2D eigenvalue weighted by atomic mass is 9.92. The van der Waals surface area contributed by atoms with Crippen molar-refractivity contribution < 1.29 is 8.78 Å². The van der Waals surface area contributed by atoms with Crippen LogP contribution in [0.3, 0.4) is 0 Å². The van der Waals surface area contributed by atoms with Crippen molar-refractivity contribution in [3.8, 4) is 22.3 Å². The minimum Gasteiger partial charge on any atom is -0.207 e. The number of hydrogen-bond donors (Lipinski definition) is 0. The van der Waals surface area contributed by atoms with E-state index in [0.717, 1.165) is 28.7 Å². The maximum absolute atomic E-state index is 14.1.